The minimum atomic E-state index is -1.59. The number of carbonyl (C=O) groups excluding carboxylic acids is 2. The van der Waals surface area contributed by atoms with Crippen LogP contribution in [-0.4, -0.2) is 89.0 Å². The molecule has 0 amide bonds. The first-order valence-corrected chi connectivity index (χ1v) is 23.9. The largest absolute Gasteiger partial charge is 0.462 e. The van der Waals surface area contributed by atoms with E-state index in [4.69, 9.17) is 18.9 Å². The smallest absolute Gasteiger partial charge is 0.306 e. The van der Waals surface area contributed by atoms with Gasteiger partial charge in [0.15, 0.2) is 12.4 Å². The minimum Gasteiger partial charge on any atom is -0.462 e. The van der Waals surface area contributed by atoms with E-state index in [0.717, 1.165) is 64.2 Å². The molecule has 1 saturated heterocycles. The Labute approximate surface area is 353 Å². The van der Waals surface area contributed by atoms with Gasteiger partial charge in [0.1, 0.15) is 31.0 Å². The van der Waals surface area contributed by atoms with Crippen molar-refractivity contribution in [3.63, 3.8) is 0 Å². The number of aliphatic hydroxyl groups is 4. The Morgan fingerprint density at radius 2 is 1.00 bits per heavy atom. The van der Waals surface area contributed by atoms with Crippen LogP contribution in [0.1, 0.15) is 213 Å². The number of hydrogen-bond acceptors (Lipinski definition) is 10. The first-order valence-electron chi connectivity index (χ1n) is 23.9. The fourth-order valence-corrected chi connectivity index (χ4v) is 7.29. The Balaban J connectivity index is 2.26. The number of hydrogen-bond donors (Lipinski definition) is 4. The third kappa shape index (κ3) is 30.2. The van der Waals surface area contributed by atoms with Crippen molar-refractivity contribution in [2.75, 3.05) is 19.8 Å². The molecule has 6 unspecified atom stereocenters. The number of ether oxygens (including phenoxy) is 4. The number of rotatable bonds is 40. The van der Waals surface area contributed by atoms with Crippen LogP contribution in [-0.2, 0) is 28.5 Å². The van der Waals surface area contributed by atoms with Crippen LogP contribution in [0.2, 0.25) is 0 Å². The average Bonchev–Trinajstić information content (AvgIpc) is 3.22. The van der Waals surface area contributed by atoms with E-state index in [2.05, 4.69) is 38.2 Å². The molecule has 10 heteroatoms. The lowest BCUT2D eigenvalue weighted by Gasteiger charge is -2.39. The first-order chi connectivity index (χ1) is 28.3. The van der Waals surface area contributed by atoms with Gasteiger partial charge in [-0.3, -0.25) is 9.59 Å². The SMILES string of the molecule is CCC/C=C\C/C=C\CCCCCCCC(=O)OC(COC(=O)CCCCCCCCCCCCCCCCCCCCCC)COC1OC(CO)C(O)C(O)C1O. The highest BCUT2D eigenvalue weighted by Gasteiger charge is 2.44. The lowest BCUT2D eigenvalue weighted by atomic mass is 9.99. The van der Waals surface area contributed by atoms with Gasteiger partial charge in [-0.05, 0) is 38.5 Å². The van der Waals surface area contributed by atoms with Gasteiger partial charge in [-0.25, -0.2) is 0 Å². The summed E-state index contributed by atoms with van der Waals surface area (Å²) >= 11 is 0. The van der Waals surface area contributed by atoms with Gasteiger partial charge < -0.3 is 39.4 Å². The second kappa shape index (κ2) is 39.3. The standard InChI is InChI=1S/C48H88O10/c1-3-5-7-9-11-13-15-17-18-19-20-21-22-23-25-26-28-30-32-34-36-43(50)55-39-41(40-56-48-47(54)46(53)45(52)42(38-49)58-48)57-44(51)37-35-33-31-29-27-24-16-14-12-10-8-6-4-2/h8,10,14,16,41-42,45-49,52-54H,3-7,9,11-13,15,17-40H2,1-2H3/b10-8-,16-14-. The van der Waals surface area contributed by atoms with Crippen LogP contribution in [0.5, 0.6) is 0 Å². The highest BCUT2D eigenvalue weighted by atomic mass is 16.7. The normalized spacial score (nSPS) is 20.3. The molecule has 0 spiro atoms. The summed E-state index contributed by atoms with van der Waals surface area (Å²) in [6.07, 6.45) is 36.2. The Kier molecular flexibility index (Phi) is 36.7. The van der Waals surface area contributed by atoms with Crippen LogP contribution in [0, 0.1) is 0 Å². The molecule has 58 heavy (non-hydrogen) atoms. The van der Waals surface area contributed by atoms with Crippen molar-refractivity contribution >= 4 is 11.9 Å². The number of carbonyl (C=O) groups is 2. The fourth-order valence-electron chi connectivity index (χ4n) is 7.29. The summed E-state index contributed by atoms with van der Waals surface area (Å²) in [5.41, 5.74) is 0. The molecule has 0 bridgehead atoms. The molecule has 1 aliphatic heterocycles. The third-order valence-corrected chi connectivity index (χ3v) is 11.1. The van der Waals surface area contributed by atoms with Crippen LogP contribution in [0.3, 0.4) is 0 Å². The molecule has 6 atom stereocenters. The van der Waals surface area contributed by atoms with E-state index < -0.39 is 49.4 Å². The van der Waals surface area contributed by atoms with Crippen molar-refractivity contribution in [2.24, 2.45) is 0 Å². The maximum atomic E-state index is 12.8. The molecule has 1 fully saturated rings. The van der Waals surface area contributed by atoms with E-state index >= 15 is 0 Å². The monoisotopic (exact) mass is 825 g/mol. The Bertz CT molecular complexity index is 1000. The molecule has 0 aromatic heterocycles. The van der Waals surface area contributed by atoms with Gasteiger partial charge in [0.05, 0.1) is 13.2 Å². The second-order valence-corrected chi connectivity index (χ2v) is 16.6. The molecule has 1 heterocycles. The van der Waals surface area contributed by atoms with Crippen LogP contribution in [0.25, 0.3) is 0 Å². The Hall–Kier alpha value is -1.82. The fraction of sp³-hybridized carbons (Fsp3) is 0.875. The van der Waals surface area contributed by atoms with Crippen molar-refractivity contribution in [2.45, 2.75) is 250 Å². The van der Waals surface area contributed by atoms with Crippen molar-refractivity contribution in [1.29, 1.82) is 0 Å². The van der Waals surface area contributed by atoms with Gasteiger partial charge in [0, 0.05) is 12.8 Å². The topological polar surface area (TPSA) is 152 Å². The second-order valence-electron chi connectivity index (χ2n) is 16.6. The predicted octanol–water partition coefficient (Wildman–Crippen LogP) is 10.5. The molecule has 4 N–H and O–H groups in total. The van der Waals surface area contributed by atoms with Gasteiger partial charge in [0.2, 0.25) is 0 Å². The minimum absolute atomic E-state index is 0.216. The molecule has 0 aliphatic carbocycles. The quantitative estimate of drug-likeness (QED) is 0.0267. The lowest BCUT2D eigenvalue weighted by molar-refractivity contribution is -0.305. The summed E-state index contributed by atoms with van der Waals surface area (Å²) in [6, 6.07) is 0. The van der Waals surface area contributed by atoms with Crippen molar-refractivity contribution in [1.82, 2.24) is 0 Å². The maximum absolute atomic E-state index is 12.8. The Morgan fingerprint density at radius 3 is 1.50 bits per heavy atom. The zero-order chi connectivity index (χ0) is 42.3. The van der Waals surface area contributed by atoms with Crippen LogP contribution in [0.4, 0.5) is 0 Å². The highest BCUT2D eigenvalue weighted by Crippen LogP contribution is 2.23. The van der Waals surface area contributed by atoms with Crippen molar-refractivity contribution in [3.8, 4) is 0 Å². The zero-order valence-corrected chi connectivity index (χ0v) is 37.1. The molecule has 0 aromatic rings. The molecule has 0 radical (unpaired) electrons. The summed E-state index contributed by atoms with van der Waals surface area (Å²) < 4.78 is 22.2. The van der Waals surface area contributed by atoms with E-state index in [9.17, 15) is 30.0 Å². The van der Waals surface area contributed by atoms with E-state index in [1.165, 1.54) is 116 Å². The van der Waals surface area contributed by atoms with Gasteiger partial charge in [-0.1, -0.05) is 186 Å². The van der Waals surface area contributed by atoms with Crippen LogP contribution >= 0.6 is 0 Å². The molecular weight excluding hydrogens is 737 g/mol. The summed E-state index contributed by atoms with van der Waals surface area (Å²) in [6.45, 7) is 3.37. The summed E-state index contributed by atoms with van der Waals surface area (Å²) in [4.78, 5) is 25.3. The molecule has 340 valence electrons. The highest BCUT2D eigenvalue weighted by molar-refractivity contribution is 5.70. The molecule has 10 nitrogen and oxygen atoms in total. The zero-order valence-electron chi connectivity index (χ0n) is 37.1. The van der Waals surface area contributed by atoms with E-state index in [1.54, 1.807) is 0 Å². The summed E-state index contributed by atoms with van der Waals surface area (Å²) in [5, 5.41) is 40.1. The molecule has 0 saturated carbocycles. The molecule has 0 aromatic carbocycles. The number of esters is 2. The van der Waals surface area contributed by atoms with Gasteiger partial charge in [-0.15, -0.1) is 0 Å². The van der Waals surface area contributed by atoms with Crippen LogP contribution in [0.15, 0.2) is 24.3 Å². The molecule has 1 rings (SSSR count). The molecule has 1 aliphatic rings. The van der Waals surface area contributed by atoms with E-state index in [-0.39, 0.29) is 32.0 Å². The number of aliphatic hydroxyl groups excluding tert-OH is 4. The Morgan fingerprint density at radius 1 is 0.534 bits per heavy atom. The summed E-state index contributed by atoms with van der Waals surface area (Å²) in [7, 11) is 0. The van der Waals surface area contributed by atoms with E-state index in [0.29, 0.717) is 6.42 Å². The van der Waals surface area contributed by atoms with Gasteiger partial charge in [-0.2, -0.15) is 0 Å². The van der Waals surface area contributed by atoms with Gasteiger partial charge in [0.25, 0.3) is 0 Å². The van der Waals surface area contributed by atoms with Gasteiger partial charge >= 0.3 is 11.9 Å². The number of allylic oxidation sites excluding steroid dienone is 4. The maximum Gasteiger partial charge on any atom is 0.306 e. The first kappa shape index (κ1) is 54.2. The number of unbranched alkanes of at least 4 members (excludes halogenated alkanes) is 25. The van der Waals surface area contributed by atoms with Crippen LogP contribution < -0.4 is 0 Å². The predicted molar refractivity (Wildman–Crippen MR) is 233 cm³/mol. The van der Waals surface area contributed by atoms with Crippen molar-refractivity contribution < 1.29 is 49.0 Å². The van der Waals surface area contributed by atoms with Crippen molar-refractivity contribution in [3.05, 3.63) is 24.3 Å². The third-order valence-electron chi connectivity index (χ3n) is 11.1. The molecular formula is C48H88O10. The lowest BCUT2D eigenvalue weighted by Crippen LogP contribution is -2.59. The average molecular weight is 825 g/mol. The van der Waals surface area contributed by atoms with E-state index in [1.807, 2.05) is 0 Å². The summed E-state index contributed by atoms with van der Waals surface area (Å²) in [5.74, 6) is -0.814.